The van der Waals surface area contributed by atoms with E-state index in [1.165, 1.54) is 29.6 Å². The molecule has 2 aromatic rings. The van der Waals surface area contributed by atoms with Gasteiger partial charge in [0, 0.05) is 18.7 Å². The van der Waals surface area contributed by atoms with Gasteiger partial charge in [-0.3, -0.25) is 4.79 Å². The van der Waals surface area contributed by atoms with Crippen LogP contribution >= 0.6 is 11.6 Å². The Hall–Kier alpha value is -2.13. The Morgan fingerprint density at radius 2 is 1.93 bits per heavy atom. The van der Waals surface area contributed by atoms with Crippen molar-refractivity contribution in [2.75, 3.05) is 38.7 Å². The molecule has 1 saturated heterocycles. The first kappa shape index (κ1) is 19.6. The summed E-state index contributed by atoms with van der Waals surface area (Å²) in [5.74, 6) is 0.120. The van der Waals surface area contributed by atoms with Crippen LogP contribution in [0.4, 0.5) is 5.69 Å². The lowest BCUT2D eigenvalue weighted by atomic mass is 10.2. The smallest absolute Gasteiger partial charge is 0.255 e. The number of halogens is 1. The Morgan fingerprint density at radius 1 is 1.19 bits per heavy atom. The third-order valence-corrected chi connectivity index (χ3v) is 6.35. The lowest BCUT2D eigenvalue weighted by Gasteiger charge is -2.26. The second-order valence-electron chi connectivity index (χ2n) is 5.84. The number of carbonyl (C=O) groups is 1. The van der Waals surface area contributed by atoms with E-state index in [4.69, 9.17) is 21.1 Å². The van der Waals surface area contributed by atoms with E-state index < -0.39 is 15.9 Å². The Morgan fingerprint density at radius 3 is 2.63 bits per heavy atom. The fraction of sp³-hybridized carbons (Fsp3) is 0.278. The predicted octanol–water partition coefficient (Wildman–Crippen LogP) is 2.62. The van der Waals surface area contributed by atoms with Crippen molar-refractivity contribution in [3.05, 3.63) is 53.1 Å². The number of nitrogens with one attached hydrogen (secondary N) is 1. The van der Waals surface area contributed by atoms with Gasteiger partial charge in [-0.2, -0.15) is 4.31 Å². The molecule has 2 aromatic carbocycles. The number of anilines is 1. The molecule has 1 amide bonds. The highest BCUT2D eigenvalue weighted by Crippen LogP contribution is 2.28. The van der Waals surface area contributed by atoms with E-state index in [0.29, 0.717) is 24.5 Å². The highest BCUT2D eigenvalue weighted by atomic mass is 35.5. The number of rotatable bonds is 5. The molecule has 144 valence electrons. The minimum absolute atomic E-state index is 0.0646. The number of carbonyl (C=O) groups excluding carboxylic acids is 1. The average molecular weight is 411 g/mol. The molecule has 0 unspecified atom stereocenters. The second kappa shape index (κ2) is 8.26. The summed E-state index contributed by atoms with van der Waals surface area (Å²) in [6, 6.07) is 10.9. The minimum Gasteiger partial charge on any atom is -0.497 e. The molecule has 1 N–H and O–H groups in total. The molecule has 0 radical (unpaired) electrons. The number of hydrogen-bond donors (Lipinski definition) is 1. The van der Waals surface area contributed by atoms with Gasteiger partial charge in [-0.1, -0.05) is 17.7 Å². The van der Waals surface area contributed by atoms with E-state index >= 15 is 0 Å². The summed E-state index contributed by atoms with van der Waals surface area (Å²) in [4.78, 5) is 12.6. The van der Waals surface area contributed by atoms with Crippen LogP contribution in [-0.2, 0) is 14.8 Å². The van der Waals surface area contributed by atoms with Gasteiger partial charge < -0.3 is 14.8 Å². The first-order valence-corrected chi connectivity index (χ1v) is 10.1. The molecule has 3 rings (SSSR count). The summed E-state index contributed by atoms with van der Waals surface area (Å²) in [7, 11) is -2.18. The van der Waals surface area contributed by atoms with Gasteiger partial charge in [0.05, 0.1) is 35.9 Å². The molecular weight excluding hydrogens is 392 g/mol. The van der Waals surface area contributed by atoms with Gasteiger partial charge in [0.1, 0.15) is 5.75 Å². The van der Waals surface area contributed by atoms with E-state index in [9.17, 15) is 13.2 Å². The zero-order valence-corrected chi connectivity index (χ0v) is 16.2. The van der Waals surface area contributed by atoms with Crippen molar-refractivity contribution in [2.45, 2.75) is 4.90 Å². The molecule has 0 aliphatic carbocycles. The molecule has 0 aromatic heterocycles. The predicted molar refractivity (Wildman–Crippen MR) is 102 cm³/mol. The fourth-order valence-electron chi connectivity index (χ4n) is 2.66. The molecule has 7 nitrogen and oxygen atoms in total. The Labute approximate surface area is 162 Å². The Bertz CT molecular complexity index is 943. The summed E-state index contributed by atoms with van der Waals surface area (Å²) in [5, 5.41) is 2.90. The zero-order chi connectivity index (χ0) is 19.4. The van der Waals surface area contributed by atoms with E-state index in [1.54, 1.807) is 24.3 Å². The SMILES string of the molecule is COc1cccc(C(=O)Nc2cc(S(=O)(=O)N3CCOCC3)ccc2Cl)c1. The lowest BCUT2D eigenvalue weighted by Crippen LogP contribution is -2.40. The van der Waals surface area contributed by atoms with Crippen LogP contribution in [0.25, 0.3) is 0 Å². The van der Waals surface area contributed by atoms with Crippen molar-refractivity contribution in [2.24, 2.45) is 0 Å². The number of methoxy groups -OCH3 is 1. The highest BCUT2D eigenvalue weighted by molar-refractivity contribution is 7.89. The first-order valence-electron chi connectivity index (χ1n) is 8.24. The topological polar surface area (TPSA) is 84.9 Å². The van der Waals surface area contributed by atoms with Gasteiger partial charge in [0.25, 0.3) is 5.91 Å². The first-order chi connectivity index (χ1) is 12.9. The molecule has 1 heterocycles. The third kappa shape index (κ3) is 4.41. The second-order valence-corrected chi connectivity index (χ2v) is 8.19. The van der Waals surface area contributed by atoms with Crippen LogP contribution in [0, 0.1) is 0 Å². The molecule has 1 aliphatic heterocycles. The number of ether oxygens (including phenoxy) is 2. The van der Waals surface area contributed by atoms with E-state index in [-0.39, 0.29) is 28.7 Å². The van der Waals surface area contributed by atoms with E-state index in [0.717, 1.165) is 0 Å². The van der Waals surface area contributed by atoms with Crippen molar-refractivity contribution in [3.8, 4) is 5.75 Å². The molecule has 0 bridgehead atoms. The van der Waals surface area contributed by atoms with Crippen molar-refractivity contribution in [3.63, 3.8) is 0 Å². The normalized spacial score (nSPS) is 15.3. The van der Waals surface area contributed by atoms with Gasteiger partial charge in [-0.25, -0.2) is 8.42 Å². The Balaban J connectivity index is 1.86. The van der Waals surface area contributed by atoms with Crippen LogP contribution in [0.1, 0.15) is 10.4 Å². The minimum atomic E-state index is -3.69. The summed E-state index contributed by atoms with van der Waals surface area (Å²) in [6.45, 7) is 1.28. The molecule has 27 heavy (non-hydrogen) atoms. The number of amides is 1. The molecule has 1 aliphatic rings. The molecular formula is C18H19ClN2O5S. The van der Waals surface area contributed by atoms with Gasteiger partial charge in [-0.15, -0.1) is 0 Å². The molecule has 0 spiro atoms. The molecule has 0 atom stereocenters. The zero-order valence-electron chi connectivity index (χ0n) is 14.6. The van der Waals surface area contributed by atoms with Crippen LogP contribution in [0.3, 0.4) is 0 Å². The number of sulfonamides is 1. The maximum Gasteiger partial charge on any atom is 0.255 e. The lowest BCUT2D eigenvalue weighted by molar-refractivity contribution is 0.0730. The highest BCUT2D eigenvalue weighted by Gasteiger charge is 2.27. The van der Waals surface area contributed by atoms with Crippen LogP contribution in [0.5, 0.6) is 5.75 Å². The van der Waals surface area contributed by atoms with Gasteiger partial charge in [-0.05, 0) is 36.4 Å². The Kier molecular flexibility index (Phi) is 6.01. The summed E-state index contributed by atoms with van der Waals surface area (Å²) in [5.41, 5.74) is 0.589. The van der Waals surface area contributed by atoms with Crippen LogP contribution in [-0.4, -0.2) is 52.0 Å². The van der Waals surface area contributed by atoms with E-state index in [2.05, 4.69) is 5.32 Å². The van der Waals surface area contributed by atoms with Crippen molar-refractivity contribution >= 4 is 33.2 Å². The summed E-state index contributed by atoms with van der Waals surface area (Å²) in [6.07, 6.45) is 0. The summed E-state index contributed by atoms with van der Waals surface area (Å²) < 4.78 is 37.2. The number of nitrogens with zero attached hydrogens (tertiary/aromatic N) is 1. The number of hydrogen-bond acceptors (Lipinski definition) is 5. The van der Waals surface area contributed by atoms with Gasteiger partial charge in [0.2, 0.25) is 10.0 Å². The summed E-state index contributed by atoms with van der Waals surface area (Å²) >= 11 is 6.15. The largest absolute Gasteiger partial charge is 0.497 e. The third-order valence-electron chi connectivity index (χ3n) is 4.13. The average Bonchev–Trinajstić information content (AvgIpc) is 2.70. The van der Waals surface area contributed by atoms with Gasteiger partial charge >= 0.3 is 0 Å². The van der Waals surface area contributed by atoms with Gasteiger partial charge in [0.15, 0.2) is 0 Å². The monoisotopic (exact) mass is 410 g/mol. The maximum absolute atomic E-state index is 12.8. The standard InChI is InChI=1S/C18H19ClN2O5S/c1-25-14-4-2-3-13(11-14)18(22)20-17-12-15(5-6-16(17)19)27(23,24)21-7-9-26-10-8-21/h2-6,11-12H,7-10H2,1H3,(H,20,22). The van der Waals surface area contributed by atoms with Crippen molar-refractivity contribution in [1.29, 1.82) is 0 Å². The number of benzene rings is 2. The fourth-order valence-corrected chi connectivity index (χ4v) is 4.25. The van der Waals surface area contributed by atoms with Crippen LogP contribution < -0.4 is 10.1 Å². The van der Waals surface area contributed by atoms with Crippen LogP contribution in [0.15, 0.2) is 47.4 Å². The van der Waals surface area contributed by atoms with Crippen LogP contribution in [0.2, 0.25) is 5.02 Å². The van der Waals surface area contributed by atoms with E-state index in [1.807, 2.05) is 0 Å². The molecule has 9 heteroatoms. The van der Waals surface area contributed by atoms with Crippen molar-refractivity contribution < 1.29 is 22.7 Å². The molecule has 0 saturated carbocycles. The quantitative estimate of drug-likeness (QED) is 0.819. The molecule has 1 fully saturated rings. The van der Waals surface area contributed by atoms with Crippen molar-refractivity contribution in [1.82, 2.24) is 4.31 Å². The number of morpholine rings is 1. The maximum atomic E-state index is 12.8.